The number of hydrogen-bond acceptors (Lipinski definition) is 3. The molecule has 5 nitrogen and oxygen atoms in total. The quantitative estimate of drug-likeness (QED) is 0.688. The van der Waals surface area contributed by atoms with Crippen LogP contribution in [0.3, 0.4) is 0 Å². The second kappa shape index (κ2) is 9.86. The van der Waals surface area contributed by atoms with Crippen LogP contribution in [0.5, 0.6) is 0 Å². The molecule has 4 rings (SSSR count). The summed E-state index contributed by atoms with van der Waals surface area (Å²) in [4.78, 5) is 30.9. The summed E-state index contributed by atoms with van der Waals surface area (Å²) >= 11 is 0. The zero-order valence-electron chi connectivity index (χ0n) is 19.6. The Morgan fingerprint density at radius 3 is 2.56 bits per heavy atom. The van der Waals surface area contributed by atoms with Gasteiger partial charge >= 0.3 is 0 Å². The highest BCUT2D eigenvalue weighted by molar-refractivity contribution is 5.96. The number of benzene rings is 1. The maximum absolute atomic E-state index is 13.5. The minimum atomic E-state index is -0.141. The molecule has 3 heterocycles. The second-order valence-electron chi connectivity index (χ2n) is 8.96. The molecule has 1 fully saturated rings. The van der Waals surface area contributed by atoms with Crippen LogP contribution in [-0.4, -0.2) is 52.5 Å². The molecule has 170 valence electrons. The zero-order valence-corrected chi connectivity index (χ0v) is 19.6. The van der Waals surface area contributed by atoms with Gasteiger partial charge in [-0.25, -0.2) is 0 Å². The van der Waals surface area contributed by atoms with Crippen LogP contribution in [0.15, 0.2) is 47.3 Å². The minimum Gasteiger partial charge on any atom is -0.346 e. The highest BCUT2D eigenvalue weighted by Gasteiger charge is 2.28. The number of nitrogens with zero attached hydrogens (tertiary/aromatic N) is 3. The fraction of sp³-hybridized carbons (Fsp3) is 0.481. The minimum absolute atomic E-state index is 0.122. The Hall–Kier alpha value is -2.66. The van der Waals surface area contributed by atoms with Gasteiger partial charge in [0.2, 0.25) is 0 Å². The molecular weight excluding hydrogens is 398 g/mol. The summed E-state index contributed by atoms with van der Waals surface area (Å²) in [7, 11) is 0. The van der Waals surface area contributed by atoms with Gasteiger partial charge in [-0.2, -0.15) is 0 Å². The Kier molecular flexibility index (Phi) is 6.95. The van der Waals surface area contributed by atoms with Crippen LogP contribution in [0, 0.1) is 6.92 Å². The third-order valence-corrected chi connectivity index (χ3v) is 7.11. The van der Waals surface area contributed by atoms with Gasteiger partial charge in [0, 0.05) is 43.1 Å². The summed E-state index contributed by atoms with van der Waals surface area (Å²) in [6, 6.07) is 12.5. The van der Waals surface area contributed by atoms with Crippen LogP contribution in [0.4, 0.5) is 0 Å². The first kappa shape index (κ1) is 22.5. The summed E-state index contributed by atoms with van der Waals surface area (Å²) in [5.41, 5.74) is 4.56. The number of aryl methyl sites for hydroxylation is 1. The van der Waals surface area contributed by atoms with Gasteiger partial charge in [-0.1, -0.05) is 50.3 Å². The Labute approximate surface area is 191 Å². The summed E-state index contributed by atoms with van der Waals surface area (Å²) < 4.78 is 2.24. The smallest absolute Gasteiger partial charge is 0.259 e. The predicted molar refractivity (Wildman–Crippen MR) is 130 cm³/mol. The maximum Gasteiger partial charge on any atom is 0.259 e. The van der Waals surface area contributed by atoms with E-state index in [-0.39, 0.29) is 11.3 Å². The second-order valence-corrected chi connectivity index (χ2v) is 8.96. The van der Waals surface area contributed by atoms with Gasteiger partial charge in [-0.15, -0.1) is 0 Å². The van der Waals surface area contributed by atoms with E-state index in [2.05, 4.69) is 41.5 Å². The standard InChI is InChI=1S/C27H35N3O2/c1-4-24-26(25(31)18-20(3)30(24)19-23-12-9-15-28(23)5-2)27(32)29-16-13-22(14-17-29)21-10-7-6-8-11-21/h6-8,10-11,13,18,23H,4-5,9,12,14-17,19H2,1-3H3. The first-order chi connectivity index (χ1) is 15.5. The third-order valence-electron chi connectivity index (χ3n) is 7.11. The Morgan fingerprint density at radius 2 is 1.91 bits per heavy atom. The molecule has 1 saturated heterocycles. The number of amides is 1. The molecule has 0 spiro atoms. The van der Waals surface area contributed by atoms with Crippen LogP contribution < -0.4 is 5.43 Å². The van der Waals surface area contributed by atoms with Gasteiger partial charge in [0.1, 0.15) is 5.56 Å². The van der Waals surface area contributed by atoms with Crippen molar-refractivity contribution < 1.29 is 4.79 Å². The molecule has 1 unspecified atom stereocenters. The van der Waals surface area contributed by atoms with Crippen molar-refractivity contribution >= 4 is 11.5 Å². The number of likely N-dealkylation sites (N-methyl/N-ethyl adjacent to an activating group) is 1. The van der Waals surface area contributed by atoms with E-state index in [9.17, 15) is 9.59 Å². The first-order valence-electron chi connectivity index (χ1n) is 12.0. The number of rotatable bonds is 6. The fourth-order valence-corrected chi connectivity index (χ4v) is 5.34. The van der Waals surface area contributed by atoms with E-state index in [0.29, 0.717) is 31.1 Å². The zero-order chi connectivity index (χ0) is 22.7. The fourth-order valence-electron chi connectivity index (χ4n) is 5.34. The summed E-state index contributed by atoms with van der Waals surface area (Å²) in [6.07, 6.45) is 6.01. The molecule has 2 aromatic rings. The molecule has 0 N–H and O–H groups in total. The van der Waals surface area contributed by atoms with Crippen molar-refractivity contribution in [3.63, 3.8) is 0 Å². The Morgan fingerprint density at radius 1 is 1.12 bits per heavy atom. The lowest BCUT2D eigenvalue weighted by atomic mass is 9.98. The maximum atomic E-state index is 13.5. The van der Waals surface area contributed by atoms with Crippen molar-refractivity contribution in [1.82, 2.24) is 14.4 Å². The van der Waals surface area contributed by atoms with Crippen LogP contribution in [0.1, 0.15) is 60.4 Å². The molecule has 0 aliphatic carbocycles. The largest absolute Gasteiger partial charge is 0.346 e. The number of pyridine rings is 1. The van der Waals surface area contributed by atoms with E-state index in [1.54, 1.807) is 6.07 Å². The lowest BCUT2D eigenvalue weighted by Crippen LogP contribution is -2.40. The summed E-state index contributed by atoms with van der Waals surface area (Å²) in [5.74, 6) is -0.122. The van der Waals surface area contributed by atoms with Gasteiger partial charge in [0.15, 0.2) is 5.43 Å². The molecule has 5 heteroatoms. The molecule has 1 aromatic heterocycles. The third kappa shape index (κ3) is 4.44. The topological polar surface area (TPSA) is 45.6 Å². The molecule has 2 aliphatic heterocycles. The molecule has 1 amide bonds. The molecule has 1 atom stereocenters. The molecule has 0 radical (unpaired) electrons. The van der Waals surface area contributed by atoms with Gasteiger partial charge in [-0.3, -0.25) is 14.5 Å². The lowest BCUT2D eigenvalue weighted by molar-refractivity contribution is 0.0769. The van der Waals surface area contributed by atoms with E-state index >= 15 is 0 Å². The van der Waals surface area contributed by atoms with Gasteiger partial charge in [-0.05, 0) is 56.8 Å². The summed E-state index contributed by atoms with van der Waals surface area (Å²) in [6.45, 7) is 10.5. The van der Waals surface area contributed by atoms with E-state index in [1.165, 1.54) is 24.0 Å². The highest BCUT2D eigenvalue weighted by Crippen LogP contribution is 2.24. The normalized spacial score (nSPS) is 19.3. The first-order valence-corrected chi connectivity index (χ1v) is 12.0. The average Bonchev–Trinajstić information content (AvgIpc) is 3.28. The molecular formula is C27H35N3O2. The Balaban J connectivity index is 1.61. The van der Waals surface area contributed by atoms with Gasteiger partial charge in [0.25, 0.3) is 5.91 Å². The molecule has 0 saturated carbocycles. The SMILES string of the molecule is CCc1c(C(=O)N2CC=C(c3ccccc3)CC2)c(=O)cc(C)n1CC1CCCN1CC. The number of aromatic nitrogens is 1. The van der Waals surface area contributed by atoms with E-state index in [1.807, 2.05) is 30.0 Å². The van der Waals surface area contributed by atoms with Crippen LogP contribution in [0.25, 0.3) is 5.57 Å². The van der Waals surface area contributed by atoms with Crippen molar-refractivity contribution in [2.45, 2.75) is 59.0 Å². The number of likely N-dealkylation sites (tertiary alicyclic amines) is 1. The monoisotopic (exact) mass is 433 g/mol. The predicted octanol–water partition coefficient (Wildman–Crippen LogP) is 4.13. The highest BCUT2D eigenvalue weighted by atomic mass is 16.2. The van der Waals surface area contributed by atoms with Gasteiger partial charge in [0.05, 0.1) is 0 Å². The summed E-state index contributed by atoms with van der Waals surface area (Å²) in [5, 5.41) is 0. The molecule has 0 bridgehead atoms. The average molecular weight is 434 g/mol. The molecule has 1 aromatic carbocycles. The van der Waals surface area contributed by atoms with Crippen molar-refractivity contribution in [2.75, 3.05) is 26.2 Å². The van der Waals surface area contributed by atoms with E-state index < -0.39 is 0 Å². The van der Waals surface area contributed by atoms with Crippen LogP contribution >= 0.6 is 0 Å². The van der Waals surface area contributed by atoms with Crippen molar-refractivity contribution in [1.29, 1.82) is 0 Å². The van der Waals surface area contributed by atoms with E-state index in [4.69, 9.17) is 0 Å². The number of hydrogen-bond donors (Lipinski definition) is 0. The van der Waals surface area contributed by atoms with Crippen LogP contribution in [0.2, 0.25) is 0 Å². The Bertz CT molecular complexity index is 1050. The van der Waals surface area contributed by atoms with Crippen molar-refractivity contribution in [3.8, 4) is 0 Å². The number of carbonyl (C=O) groups excluding carboxylic acids is 1. The van der Waals surface area contributed by atoms with E-state index in [0.717, 1.165) is 37.4 Å². The van der Waals surface area contributed by atoms with Crippen LogP contribution in [-0.2, 0) is 13.0 Å². The molecule has 32 heavy (non-hydrogen) atoms. The molecule has 2 aliphatic rings. The number of carbonyl (C=O) groups is 1. The van der Waals surface area contributed by atoms with Crippen molar-refractivity contribution in [3.05, 3.63) is 75.2 Å². The van der Waals surface area contributed by atoms with Gasteiger partial charge < -0.3 is 9.47 Å². The lowest BCUT2D eigenvalue weighted by Gasteiger charge is -2.30. The van der Waals surface area contributed by atoms with Crippen molar-refractivity contribution in [2.24, 2.45) is 0 Å².